The molecule has 42 heavy (non-hydrogen) atoms. The fourth-order valence-electron chi connectivity index (χ4n) is 5.94. The van der Waals surface area contributed by atoms with Gasteiger partial charge in [-0.2, -0.15) is 0 Å². The predicted molar refractivity (Wildman–Crippen MR) is 169 cm³/mol. The Hall–Kier alpha value is -2.94. The minimum Gasteiger partial charge on any atom is -0.343 e. The summed E-state index contributed by atoms with van der Waals surface area (Å²) in [6, 6.07) is 22.7. The van der Waals surface area contributed by atoms with Crippen LogP contribution in [0.15, 0.2) is 72.8 Å². The summed E-state index contributed by atoms with van der Waals surface area (Å²) < 4.78 is 0. The maximum absolute atomic E-state index is 14.0. The van der Waals surface area contributed by atoms with Crippen LogP contribution in [0.3, 0.4) is 0 Å². The summed E-state index contributed by atoms with van der Waals surface area (Å²) in [4.78, 5) is 33.9. The number of nitrogens with one attached hydrogen (secondary N) is 2. The van der Waals surface area contributed by atoms with Crippen LogP contribution in [0.5, 0.6) is 0 Å². The molecular formula is C33H39Cl2N5O2. The minimum atomic E-state index is -0.676. The van der Waals surface area contributed by atoms with Gasteiger partial charge in [-0.05, 0) is 61.0 Å². The average Bonchev–Trinajstić information content (AvgIpc) is 3.00. The van der Waals surface area contributed by atoms with E-state index in [1.54, 1.807) is 0 Å². The number of fused-ring (bicyclic) bond motifs is 1. The minimum absolute atomic E-state index is 0.0592. The third-order valence-corrected chi connectivity index (χ3v) is 8.83. The SMILES string of the molecule is CN(C)CC(c1ccccc1Cl)N1CCN(C(=O)C(Cc2ccc(Cl)cc2)NC(=O)C2Cc3ccccc3CN2)CC1. The van der Waals surface area contributed by atoms with Crippen molar-refractivity contribution in [2.75, 3.05) is 46.8 Å². The number of benzene rings is 3. The molecule has 3 unspecified atom stereocenters. The molecule has 0 aromatic heterocycles. The highest BCUT2D eigenvalue weighted by Gasteiger charge is 2.34. The van der Waals surface area contributed by atoms with Gasteiger partial charge in [0.05, 0.1) is 6.04 Å². The lowest BCUT2D eigenvalue weighted by molar-refractivity contribution is -0.138. The summed E-state index contributed by atoms with van der Waals surface area (Å²) in [6.07, 6.45) is 0.992. The number of nitrogens with zero attached hydrogens (tertiary/aromatic N) is 3. The number of amides is 2. The molecule has 0 saturated carbocycles. The quantitative estimate of drug-likeness (QED) is 0.382. The van der Waals surface area contributed by atoms with Crippen molar-refractivity contribution < 1.29 is 9.59 Å². The van der Waals surface area contributed by atoms with Crippen molar-refractivity contribution in [2.45, 2.75) is 37.5 Å². The highest BCUT2D eigenvalue weighted by Crippen LogP contribution is 2.29. The molecular weight excluding hydrogens is 569 g/mol. The Morgan fingerprint density at radius 3 is 2.29 bits per heavy atom. The molecule has 9 heteroatoms. The molecule has 7 nitrogen and oxygen atoms in total. The molecule has 3 aromatic rings. The third kappa shape index (κ3) is 7.52. The Balaban J connectivity index is 1.28. The van der Waals surface area contributed by atoms with E-state index in [9.17, 15) is 9.59 Å². The zero-order valence-electron chi connectivity index (χ0n) is 24.2. The second-order valence-electron chi connectivity index (χ2n) is 11.5. The van der Waals surface area contributed by atoms with Crippen molar-refractivity contribution >= 4 is 35.0 Å². The van der Waals surface area contributed by atoms with E-state index < -0.39 is 6.04 Å². The highest BCUT2D eigenvalue weighted by molar-refractivity contribution is 6.31. The van der Waals surface area contributed by atoms with E-state index in [1.165, 1.54) is 11.1 Å². The van der Waals surface area contributed by atoms with Crippen molar-refractivity contribution in [3.05, 3.63) is 105 Å². The summed E-state index contributed by atoms with van der Waals surface area (Å²) in [6.45, 7) is 4.05. The van der Waals surface area contributed by atoms with Crippen molar-refractivity contribution in [1.29, 1.82) is 0 Å². The van der Waals surface area contributed by atoms with Gasteiger partial charge in [-0.15, -0.1) is 0 Å². The van der Waals surface area contributed by atoms with Crippen molar-refractivity contribution in [1.82, 2.24) is 25.3 Å². The first-order valence-electron chi connectivity index (χ1n) is 14.6. The van der Waals surface area contributed by atoms with E-state index in [1.807, 2.05) is 59.5 Å². The Morgan fingerprint density at radius 2 is 1.60 bits per heavy atom. The molecule has 0 aliphatic carbocycles. The smallest absolute Gasteiger partial charge is 0.245 e. The molecule has 5 rings (SSSR count). The van der Waals surface area contributed by atoms with Gasteiger partial charge in [0, 0.05) is 61.8 Å². The van der Waals surface area contributed by atoms with Crippen LogP contribution in [0.25, 0.3) is 0 Å². The standard InChI is InChI=1S/C33H39Cl2N5O2/c1-38(2)22-31(27-9-5-6-10-28(27)35)39-15-17-40(18-16-39)33(42)30(19-23-11-13-26(34)14-12-23)37-32(41)29-20-24-7-3-4-8-25(24)21-36-29/h3-14,29-31,36H,15-22H2,1-2H3,(H,37,41). The van der Waals surface area contributed by atoms with E-state index >= 15 is 0 Å². The molecule has 2 N–H and O–H groups in total. The molecule has 2 heterocycles. The molecule has 2 amide bonds. The van der Waals surface area contributed by atoms with Crippen molar-refractivity contribution in [3.63, 3.8) is 0 Å². The van der Waals surface area contributed by atoms with Crippen LogP contribution in [0.2, 0.25) is 10.0 Å². The Labute approximate surface area is 258 Å². The summed E-state index contributed by atoms with van der Waals surface area (Å²) in [7, 11) is 4.13. The molecule has 2 aliphatic rings. The van der Waals surface area contributed by atoms with Crippen LogP contribution in [0.1, 0.15) is 28.3 Å². The van der Waals surface area contributed by atoms with Gasteiger partial charge in [0.2, 0.25) is 11.8 Å². The van der Waals surface area contributed by atoms with Crippen LogP contribution in [-0.4, -0.2) is 85.4 Å². The lowest BCUT2D eigenvalue weighted by Crippen LogP contribution is -2.58. The topological polar surface area (TPSA) is 67.9 Å². The first kappa shape index (κ1) is 30.5. The molecule has 222 valence electrons. The lowest BCUT2D eigenvalue weighted by atomic mass is 9.95. The van der Waals surface area contributed by atoms with Crippen LogP contribution in [0.4, 0.5) is 0 Å². The van der Waals surface area contributed by atoms with Gasteiger partial charge in [-0.25, -0.2) is 0 Å². The predicted octanol–water partition coefficient (Wildman–Crippen LogP) is 4.18. The number of carbonyl (C=O) groups is 2. The second kappa shape index (κ2) is 14.0. The Bertz CT molecular complexity index is 1370. The molecule has 1 saturated heterocycles. The first-order valence-corrected chi connectivity index (χ1v) is 15.3. The number of halogens is 2. The van der Waals surface area contributed by atoms with Gasteiger partial charge in [0.1, 0.15) is 6.04 Å². The molecule has 0 spiro atoms. The van der Waals surface area contributed by atoms with Gasteiger partial charge in [0.25, 0.3) is 0 Å². The molecule has 1 fully saturated rings. The average molecular weight is 609 g/mol. The number of hydrogen-bond donors (Lipinski definition) is 2. The molecule has 2 aliphatic heterocycles. The summed E-state index contributed by atoms with van der Waals surface area (Å²) in [5.41, 5.74) is 4.42. The summed E-state index contributed by atoms with van der Waals surface area (Å²) in [5, 5.41) is 7.85. The maximum Gasteiger partial charge on any atom is 0.245 e. The first-order chi connectivity index (χ1) is 20.3. The van der Waals surface area contributed by atoms with Gasteiger partial charge in [-0.3, -0.25) is 14.5 Å². The maximum atomic E-state index is 14.0. The zero-order valence-corrected chi connectivity index (χ0v) is 25.7. The Kier molecular flexibility index (Phi) is 10.2. The zero-order chi connectivity index (χ0) is 29.6. The fourth-order valence-corrected chi connectivity index (χ4v) is 6.33. The van der Waals surface area contributed by atoms with Gasteiger partial charge < -0.3 is 20.4 Å². The molecule has 3 aromatic carbocycles. The van der Waals surface area contributed by atoms with Gasteiger partial charge in [0.15, 0.2) is 0 Å². The number of likely N-dealkylation sites (N-methyl/N-ethyl adjacent to an activating group) is 1. The summed E-state index contributed by atoms with van der Waals surface area (Å²) >= 11 is 12.7. The third-order valence-electron chi connectivity index (χ3n) is 8.23. The lowest BCUT2D eigenvalue weighted by Gasteiger charge is -2.41. The second-order valence-corrected chi connectivity index (χ2v) is 12.3. The van der Waals surface area contributed by atoms with Gasteiger partial charge >= 0.3 is 0 Å². The monoisotopic (exact) mass is 607 g/mol. The number of hydrogen-bond acceptors (Lipinski definition) is 5. The molecule has 0 bridgehead atoms. The van der Waals surface area contributed by atoms with Crippen LogP contribution in [0, 0.1) is 0 Å². The van der Waals surface area contributed by atoms with E-state index in [-0.39, 0.29) is 23.9 Å². The van der Waals surface area contributed by atoms with E-state index in [2.05, 4.69) is 52.7 Å². The van der Waals surface area contributed by atoms with Crippen LogP contribution < -0.4 is 10.6 Å². The molecule has 0 radical (unpaired) electrons. The fraction of sp³-hybridized carbons (Fsp3) is 0.394. The number of carbonyl (C=O) groups excluding carboxylic acids is 2. The largest absolute Gasteiger partial charge is 0.343 e. The van der Waals surface area contributed by atoms with Crippen LogP contribution in [-0.2, 0) is 29.0 Å². The van der Waals surface area contributed by atoms with E-state index in [0.29, 0.717) is 37.5 Å². The van der Waals surface area contributed by atoms with E-state index in [0.717, 1.165) is 35.8 Å². The number of rotatable bonds is 9. The normalized spacial score (nSPS) is 18.8. The van der Waals surface area contributed by atoms with Crippen molar-refractivity contribution in [3.8, 4) is 0 Å². The van der Waals surface area contributed by atoms with E-state index in [4.69, 9.17) is 23.2 Å². The van der Waals surface area contributed by atoms with Gasteiger partial charge in [-0.1, -0.05) is 77.8 Å². The highest BCUT2D eigenvalue weighted by atomic mass is 35.5. The number of piperazine rings is 1. The Morgan fingerprint density at radius 1 is 0.929 bits per heavy atom. The van der Waals surface area contributed by atoms with Crippen molar-refractivity contribution in [2.24, 2.45) is 0 Å². The molecule has 3 atom stereocenters. The summed E-state index contributed by atoms with van der Waals surface area (Å²) in [5.74, 6) is -0.212. The van der Waals surface area contributed by atoms with Crippen LogP contribution >= 0.6 is 23.2 Å².